The predicted molar refractivity (Wildman–Crippen MR) is 93.2 cm³/mol. The molecule has 1 aliphatic heterocycles. The predicted octanol–water partition coefficient (Wildman–Crippen LogP) is 2.31. The molecule has 0 bridgehead atoms. The highest BCUT2D eigenvalue weighted by Gasteiger charge is 2.25. The van der Waals surface area contributed by atoms with Crippen LogP contribution in [0, 0.1) is 19.8 Å². The Kier molecular flexibility index (Phi) is 5.44. The molecule has 1 unspecified atom stereocenters. The van der Waals surface area contributed by atoms with Gasteiger partial charge in [0.25, 0.3) is 0 Å². The van der Waals surface area contributed by atoms with Crippen LogP contribution < -0.4 is 10.6 Å². The van der Waals surface area contributed by atoms with Crippen LogP contribution in [-0.4, -0.2) is 28.8 Å². The number of amides is 1. The molecule has 0 saturated carbocycles. The van der Waals surface area contributed by atoms with Crippen LogP contribution in [-0.2, 0) is 4.79 Å². The summed E-state index contributed by atoms with van der Waals surface area (Å²) in [5.74, 6) is 0.255. The summed E-state index contributed by atoms with van der Waals surface area (Å²) in [4.78, 5) is 12.0. The standard InChI is InChI=1S/C17H22N4O.ClH/c1-11-8-12(2)21(20-11)16-6-4-14(5-7-16)13(3)19-17(22)15-9-18-10-15;/h4-8,13,15,18H,9-10H2,1-3H3,(H,19,22);1H. The van der Waals surface area contributed by atoms with Gasteiger partial charge in [0.05, 0.1) is 23.3 Å². The van der Waals surface area contributed by atoms with Gasteiger partial charge >= 0.3 is 0 Å². The number of nitrogens with one attached hydrogen (secondary N) is 2. The Balaban J connectivity index is 0.00000192. The minimum Gasteiger partial charge on any atom is -0.349 e. The van der Waals surface area contributed by atoms with Crippen molar-refractivity contribution in [3.63, 3.8) is 0 Å². The number of rotatable bonds is 4. The molecule has 0 spiro atoms. The molecule has 1 saturated heterocycles. The Labute approximate surface area is 142 Å². The van der Waals surface area contributed by atoms with E-state index in [0.29, 0.717) is 0 Å². The third kappa shape index (κ3) is 3.74. The van der Waals surface area contributed by atoms with Crippen molar-refractivity contribution in [1.29, 1.82) is 0 Å². The molecular weight excluding hydrogens is 312 g/mol. The first-order valence-corrected chi connectivity index (χ1v) is 7.69. The van der Waals surface area contributed by atoms with E-state index >= 15 is 0 Å². The van der Waals surface area contributed by atoms with E-state index in [-0.39, 0.29) is 30.3 Å². The molecule has 1 aliphatic rings. The molecule has 2 heterocycles. The first-order chi connectivity index (χ1) is 10.5. The van der Waals surface area contributed by atoms with Crippen LogP contribution in [0.4, 0.5) is 0 Å². The summed E-state index contributed by atoms with van der Waals surface area (Å²) in [7, 11) is 0. The van der Waals surface area contributed by atoms with Crippen LogP contribution in [0.2, 0.25) is 0 Å². The lowest BCUT2D eigenvalue weighted by Crippen LogP contribution is -2.51. The Bertz CT molecular complexity index is 676. The fourth-order valence-electron chi connectivity index (χ4n) is 2.68. The lowest BCUT2D eigenvalue weighted by molar-refractivity contribution is -0.127. The molecule has 23 heavy (non-hydrogen) atoms. The van der Waals surface area contributed by atoms with Crippen molar-refractivity contribution < 1.29 is 4.79 Å². The number of aryl methyl sites for hydroxylation is 2. The molecule has 1 atom stereocenters. The lowest BCUT2D eigenvalue weighted by atomic mass is 10.0. The summed E-state index contributed by atoms with van der Waals surface area (Å²) in [6, 6.07) is 10.3. The number of carbonyl (C=O) groups excluding carboxylic acids is 1. The van der Waals surface area contributed by atoms with Crippen LogP contribution in [0.3, 0.4) is 0 Å². The molecule has 0 aliphatic carbocycles. The van der Waals surface area contributed by atoms with Gasteiger partial charge < -0.3 is 10.6 Å². The van der Waals surface area contributed by atoms with Gasteiger partial charge in [-0.25, -0.2) is 4.68 Å². The van der Waals surface area contributed by atoms with E-state index in [0.717, 1.165) is 35.7 Å². The van der Waals surface area contributed by atoms with E-state index < -0.39 is 0 Å². The fourth-order valence-corrected chi connectivity index (χ4v) is 2.68. The fraction of sp³-hybridized carbons (Fsp3) is 0.412. The summed E-state index contributed by atoms with van der Waals surface area (Å²) >= 11 is 0. The van der Waals surface area contributed by atoms with E-state index in [2.05, 4.69) is 33.9 Å². The van der Waals surface area contributed by atoms with Gasteiger partial charge in [-0.3, -0.25) is 4.79 Å². The molecule has 6 heteroatoms. The quantitative estimate of drug-likeness (QED) is 0.902. The lowest BCUT2D eigenvalue weighted by Gasteiger charge is -2.27. The number of halogens is 1. The third-order valence-electron chi connectivity index (χ3n) is 4.16. The average molecular weight is 335 g/mol. The van der Waals surface area contributed by atoms with Crippen LogP contribution in [0.5, 0.6) is 0 Å². The van der Waals surface area contributed by atoms with Crippen LogP contribution in [0.1, 0.15) is 29.9 Å². The summed E-state index contributed by atoms with van der Waals surface area (Å²) < 4.78 is 1.93. The maximum Gasteiger partial charge on any atom is 0.226 e. The number of hydrogen-bond acceptors (Lipinski definition) is 3. The highest BCUT2D eigenvalue weighted by atomic mass is 35.5. The normalized spacial score (nSPS) is 15.4. The van der Waals surface area contributed by atoms with Gasteiger partial charge in [0.2, 0.25) is 5.91 Å². The first-order valence-electron chi connectivity index (χ1n) is 7.69. The van der Waals surface area contributed by atoms with Crippen molar-refractivity contribution in [1.82, 2.24) is 20.4 Å². The second-order valence-electron chi connectivity index (χ2n) is 6.02. The zero-order valence-corrected chi connectivity index (χ0v) is 14.5. The average Bonchev–Trinajstić information content (AvgIpc) is 2.75. The van der Waals surface area contributed by atoms with Crippen LogP contribution in [0.25, 0.3) is 5.69 Å². The zero-order valence-electron chi connectivity index (χ0n) is 13.7. The van der Waals surface area contributed by atoms with E-state index in [9.17, 15) is 4.79 Å². The Morgan fingerprint density at radius 1 is 1.30 bits per heavy atom. The van der Waals surface area contributed by atoms with Crippen LogP contribution >= 0.6 is 12.4 Å². The molecule has 2 N–H and O–H groups in total. The zero-order chi connectivity index (χ0) is 15.7. The summed E-state index contributed by atoms with van der Waals surface area (Å²) in [5.41, 5.74) is 4.27. The molecule has 1 amide bonds. The Morgan fingerprint density at radius 3 is 2.43 bits per heavy atom. The maximum atomic E-state index is 12.0. The van der Waals surface area contributed by atoms with Crippen molar-refractivity contribution in [2.75, 3.05) is 13.1 Å². The Hall–Kier alpha value is -1.85. The number of benzene rings is 1. The van der Waals surface area contributed by atoms with Gasteiger partial charge in [0, 0.05) is 18.8 Å². The Morgan fingerprint density at radius 2 is 1.96 bits per heavy atom. The van der Waals surface area contributed by atoms with Crippen molar-refractivity contribution in [2.24, 2.45) is 5.92 Å². The van der Waals surface area contributed by atoms with Gasteiger partial charge in [0.1, 0.15) is 0 Å². The summed E-state index contributed by atoms with van der Waals surface area (Å²) in [6.45, 7) is 7.63. The van der Waals surface area contributed by atoms with E-state index in [1.54, 1.807) is 0 Å². The number of hydrogen-bond donors (Lipinski definition) is 2. The SMILES string of the molecule is Cc1cc(C)n(-c2ccc(C(C)NC(=O)C3CNC3)cc2)n1.Cl. The topological polar surface area (TPSA) is 59.0 Å². The van der Waals surface area contributed by atoms with Crippen LogP contribution in [0.15, 0.2) is 30.3 Å². The molecule has 1 fully saturated rings. The number of carbonyl (C=O) groups is 1. The van der Waals surface area contributed by atoms with E-state index in [1.807, 2.05) is 37.6 Å². The molecule has 2 aromatic rings. The second-order valence-corrected chi connectivity index (χ2v) is 6.02. The van der Waals surface area contributed by atoms with Crippen molar-refractivity contribution in [3.8, 4) is 5.69 Å². The van der Waals surface area contributed by atoms with Crippen molar-refractivity contribution in [3.05, 3.63) is 47.3 Å². The highest BCUT2D eigenvalue weighted by molar-refractivity contribution is 5.85. The molecular formula is C17H23ClN4O. The van der Waals surface area contributed by atoms with Crippen molar-refractivity contribution in [2.45, 2.75) is 26.8 Å². The van der Waals surface area contributed by atoms with Gasteiger partial charge in [-0.1, -0.05) is 12.1 Å². The van der Waals surface area contributed by atoms with E-state index in [4.69, 9.17) is 0 Å². The second kappa shape index (κ2) is 7.15. The third-order valence-corrected chi connectivity index (χ3v) is 4.16. The maximum absolute atomic E-state index is 12.0. The van der Waals surface area contributed by atoms with Gasteiger partial charge in [-0.05, 0) is 44.5 Å². The molecule has 3 rings (SSSR count). The summed E-state index contributed by atoms with van der Waals surface area (Å²) in [6.07, 6.45) is 0. The summed E-state index contributed by atoms with van der Waals surface area (Å²) in [5, 5.41) is 10.7. The van der Waals surface area contributed by atoms with Gasteiger partial charge in [0.15, 0.2) is 0 Å². The molecule has 0 radical (unpaired) electrons. The van der Waals surface area contributed by atoms with E-state index in [1.165, 1.54) is 0 Å². The highest BCUT2D eigenvalue weighted by Crippen LogP contribution is 2.18. The largest absolute Gasteiger partial charge is 0.349 e. The molecule has 124 valence electrons. The monoisotopic (exact) mass is 334 g/mol. The number of nitrogens with zero attached hydrogens (tertiary/aromatic N) is 2. The first kappa shape index (κ1) is 17.5. The minimum absolute atomic E-state index is 0. The van der Waals surface area contributed by atoms with Gasteiger partial charge in [-0.15, -0.1) is 12.4 Å². The molecule has 1 aromatic carbocycles. The smallest absolute Gasteiger partial charge is 0.226 e. The molecule has 1 aromatic heterocycles. The number of aromatic nitrogens is 2. The van der Waals surface area contributed by atoms with Gasteiger partial charge in [-0.2, -0.15) is 5.10 Å². The minimum atomic E-state index is 0. The van der Waals surface area contributed by atoms with Crippen molar-refractivity contribution >= 4 is 18.3 Å². The molecule has 5 nitrogen and oxygen atoms in total.